The lowest BCUT2D eigenvalue weighted by atomic mass is 10.2. The third kappa shape index (κ3) is 2.68. The number of rotatable bonds is 3. The molecule has 0 bridgehead atoms. The van der Waals surface area contributed by atoms with Crippen LogP contribution in [0.3, 0.4) is 0 Å². The first-order chi connectivity index (χ1) is 11.4. The van der Waals surface area contributed by atoms with E-state index in [4.69, 9.17) is 15.8 Å². The molecule has 9 heteroatoms. The molecule has 2 rings (SSSR count). The molecule has 0 atom stereocenters. The molecular weight excluding hydrogens is 310 g/mol. The molecule has 0 aliphatic heterocycles. The molecule has 0 aliphatic rings. The number of nitriles is 3. The van der Waals surface area contributed by atoms with Crippen molar-refractivity contribution < 1.29 is 0 Å². The lowest BCUT2D eigenvalue weighted by Gasteiger charge is -2.06. The largest absolute Gasteiger partial charge is 0.351 e. The maximum absolute atomic E-state index is 12.1. The van der Waals surface area contributed by atoms with E-state index in [0.29, 0.717) is 11.4 Å². The third-order valence-electron chi connectivity index (χ3n) is 3.37. The normalized spacial score (nSPS) is 9.46. The number of benzene rings is 1. The van der Waals surface area contributed by atoms with Crippen molar-refractivity contribution in [2.45, 2.75) is 0 Å². The van der Waals surface area contributed by atoms with E-state index in [2.05, 4.69) is 5.32 Å². The average molecular weight is 321 g/mol. The summed E-state index contributed by atoms with van der Waals surface area (Å²) in [7, 11) is 2.96. The Balaban J connectivity index is 2.43. The van der Waals surface area contributed by atoms with Crippen LogP contribution in [0.4, 0.5) is 5.69 Å². The molecule has 0 saturated carbocycles. The van der Waals surface area contributed by atoms with E-state index in [1.165, 1.54) is 47.7 Å². The van der Waals surface area contributed by atoms with Crippen LogP contribution in [0.15, 0.2) is 45.1 Å². The van der Waals surface area contributed by atoms with Crippen molar-refractivity contribution in [2.24, 2.45) is 14.1 Å². The predicted molar refractivity (Wildman–Crippen MR) is 83.7 cm³/mol. The predicted octanol–water partition coefficient (Wildman–Crippen LogP) is 0.111. The molecule has 118 valence electrons. The minimum absolute atomic E-state index is 0.180. The SMILES string of the molecule is Cn1c(=O)n(-c2ccc(NC(C#N)=C(C#N)C#N)cc2)c(=O)n1C. The zero-order chi connectivity index (χ0) is 17.9. The van der Waals surface area contributed by atoms with Crippen LogP contribution in [0.5, 0.6) is 0 Å². The van der Waals surface area contributed by atoms with Crippen molar-refractivity contribution in [1.29, 1.82) is 15.8 Å². The van der Waals surface area contributed by atoms with Gasteiger partial charge in [-0.25, -0.2) is 23.5 Å². The maximum atomic E-state index is 12.1. The van der Waals surface area contributed by atoms with Gasteiger partial charge >= 0.3 is 11.4 Å². The minimum Gasteiger partial charge on any atom is -0.345 e. The van der Waals surface area contributed by atoms with Crippen LogP contribution >= 0.6 is 0 Å². The smallest absolute Gasteiger partial charge is 0.345 e. The van der Waals surface area contributed by atoms with E-state index in [-0.39, 0.29) is 11.3 Å². The molecule has 1 aromatic heterocycles. The van der Waals surface area contributed by atoms with Gasteiger partial charge in [-0.15, -0.1) is 0 Å². The molecule has 0 amide bonds. The molecule has 0 spiro atoms. The standard InChI is InChI=1S/C15H11N7O2/c1-20-14(23)22(15(24)21(20)2)12-5-3-11(4-6-12)19-13(9-18)10(7-16)8-17/h3-6,19H,1-2H3. The average Bonchev–Trinajstić information content (AvgIpc) is 2.79. The molecule has 24 heavy (non-hydrogen) atoms. The summed E-state index contributed by atoms with van der Waals surface area (Å²) in [6, 6.07) is 11.1. The summed E-state index contributed by atoms with van der Waals surface area (Å²) >= 11 is 0. The molecule has 0 aliphatic carbocycles. The zero-order valence-electron chi connectivity index (χ0n) is 12.8. The maximum Gasteiger partial charge on any atom is 0.351 e. The van der Waals surface area contributed by atoms with Crippen molar-refractivity contribution in [1.82, 2.24) is 13.9 Å². The summed E-state index contributed by atoms with van der Waals surface area (Å²) in [5, 5.41) is 29.2. The summed E-state index contributed by atoms with van der Waals surface area (Å²) in [6.07, 6.45) is 0. The first kappa shape index (κ1) is 16.3. The van der Waals surface area contributed by atoms with Gasteiger partial charge in [0.25, 0.3) is 0 Å². The Hall–Kier alpha value is -4.03. The number of aromatic nitrogens is 3. The van der Waals surface area contributed by atoms with Gasteiger partial charge in [-0.3, -0.25) is 0 Å². The van der Waals surface area contributed by atoms with Crippen molar-refractivity contribution in [3.05, 3.63) is 56.5 Å². The molecule has 1 N–H and O–H groups in total. The van der Waals surface area contributed by atoms with E-state index < -0.39 is 11.4 Å². The number of hydrogen-bond acceptors (Lipinski definition) is 6. The fourth-order valence-corrected chi connectivity index (χ4v) is 1.97. The van der Waals surface area contributed by atoms with Gasteiger partial charge in [-0.1, -0.05) is 0 Å². The van der Waals surface area contributed by atoms with E-state index >= 15 is 0 Å². The highest BCUT2D eigenvalue weighted by molar-refractivity contribution is 5.59. The highest BCUT2D eigenvalue weighted by atomic mass is 16.2. The number of anilines is 1. The van der Waals surface area contributed by atoms with Crippen LogP contribution in [-0.2, 0) is 14.1 Å². The van der Waals surface area contributed by atoms with E-state index in [9.17, 15) is 9.59 Å². The first-order valence-electron chi connectivity index (χ1n) is 6.61. The second-order valence-electron chi connectivity index (χ2n) is 4.71. The van der Waals surface area contributed by atoms with Crippen LogP contribution in [0.1, 0.15) is 0 Å². The Bertz CT molecular complexity index is 1010. The minimum atomic E-state index is -0.489. The molecule has 1 heterocycles. The number of nitrogens with one attached hydrogen (secondary N) is 1. The van der Waals surface area contributed by atoms with Gasteiger partial charge in [-0.05, 0) is 24.3 Å². The van der Waals surface area contributed by atoms with Crippen LogP contribution in [0.25, 0.3) is 5.69 Å². The van der Waals surface area contributed by atoms with Crippen molar-refractivity contribution in [3.8, 4) is 23.9 Å². The molecular formula is C15H11N7O2. The molecule has 0 radical (unpaired) electrons. The zero-order valence-corrected chi connectivity index (χ0v) is 12.8. The molecule has 9 nitrogen and oxygen atoms in total. The summed E-state index contributed by atoms with van der Waals surface area (Å²) in [6.45, 7) is 0. The lowest BCUT2D eigenvalue weighted by Crippen LogP contribution is -2.26. The van der Waals surface area contributed by atoms with Gasteiger partial charge in [-0.2, -0.15) is 15.8 Å². The quantitative estimate of drug-likeness (QED) is 0.798. The highest BCUT2D eigenvalue weighted by Gasteiger charge is 2.12. The first-order valence-corrected chi connectivity index (χ1v) is 6.61. The Morgan fingerprint density at radius 2 is 1.42 bits per heavy atom. The van der Waals surface area contributed by atoms with E-state index in [1.807, 2.05) is 0 Å². The van der Waals surface area contributed by atoms with E-state index in [1.54, 1.807) is 18.2 Å². The Labute approximate surface area is 136 Å². The number of allylic oxidation sites excluding steroid dienone is 2. The van der Waals surface area contributed by atoms with Gasteiger partial charge in [0.1, 0.15) is 23.9 Å². The summed E-state index contributed by atoms with van der Waals surface area (Å²) < 4.78 is 3.36. The fourth-order valence-electron chi connectivity index (χ4n) is 1.97. The van der Waals surface area contributed by atoms with Crippen LogP contribution < -0.4 is 16.7 Å². The second kappa shape index (κ2) is 6.39. The summed E-state index contributed by atoms with van der Waals surface area (Å²) in [5.74, 6) is 0. The third-order valence-corrected chi connectivity index (χ3v) is 3.37. The second-order valence-corrected chi connectivity index (χ2v) is 4.71. The summed E-state index contributed by atoms with van der Waals surface area (Å²) in [5.41, 5.74) is -0.710. The number of hydrogen-bond donors (Lipinski definition) is 1. The van der Waals surface area contributed by atoms with Crippen LogP contribution in [-0.4, -0.2) is 13.9 Å². The Morgan fingerprint density at radius 3 is 1.83 bits per heavy atom. The molecule has 0 saturated heterocycles. The van der Waals surface area contributed by atoms with Crippen LogP contribution in [0.2, 0.25) is 0 Å². The van der Waals surface area contributed by atoms with Gasteiger partial charge < -0.3 is 5.32 Å². The molecule has 0 fully saturated rings. The number of nitrogens with zero attached hydrogens (tertiary/aromatic N) is 6. The Morgan fingerprint density at radius 1 is 0.917 bits per heavy atom. The van der Waals surface area contributed by atoms with Crippen LogP contribution in [0, 0.1) is 34.0 Å². The highest BCUT2D eigenvalue weighted by Crippen LogP contribution is 2.14. The lowest BCUT2D eigenvalue weighted by molar-refractivity contribution is 0.565. The molecule has 2 aromatic rings. The monoisotopic (exact) mass is 321 g/mol. The van der Waals surface area contributed by atoms with Crippen molar-refractivity contribution >= 4 is 5.69 Å². The Kier molecular flexibility index (Phi) is 4.35. The van der Waals surface area contributed by atoms with Crippen molar-refractivity contribution in [2.75, 3.05) is 5.32 Å². The van der Waals surface area contributed by atoms with Gasteiger partial charge in [0.05, 0.1) is 5.69 Å². The fraction of sp³-hybridized carbons (Fsp3) is 0.133. The van der Waals surface area contributed by atoms with E-state index in [0.717, 1.165) is 4.57 Å². The summed E-state index contributed by atoms with van der Waals surface area (Å²) in [4.78, 5) is 24.1. The van der Waals surface area contributed by atoms with Gasteiger partial charge in [0.2, 0.25) is 0 Å². The van der Waals surface area contributed by atoms with Crippen molar-refractivity contribution in [3.63, 3.8) is 0 Å². The topological polar surface area (TPSA) is 132 Å². The molecule has 0 unspecified atom stereocenters. The van der Waals surface area contributed by atoms with Gasteiger partial charge in [0, 0.05) is 19.8 Å². The molecule has 1 aromatic carbocycles. The van der Waals surface area contributed by atoms with Gasteiger partial charge in [0.15, 0.2) is 5.57 Å².